The quantitative estimate of drug-likeness (QED) is 0.806. The molecule has 15 heavy (non-hydrogen) atoms. The summed E-state index contributed by atoms with van der Waals surface area (Å²) in [7, 11) is 1.50. The van der Waals surface area contributed by atoms with Gasteiger partial charge < -0.3 is 14.6 Å². The minimum absolute atomic E-state index is 0.141. The summed E-state index contributed by atoms with van der Waals surface area (Å²) in [6, 6.07) is 0. The zero-order valence-electron chi connectivity index (χ0n) is 9.46. The maximum absolute atomic E-state index is 11.4. The third-order valence-electron chi connectivity index (χ3n) is 2.34. The van der Waals surface area contributed by atoms with Crippen molar-refractivity contribution >= 4 is 5.91 Å². The van der Waals surface area contributed by atoms with Gasteiger partial charge in [-0.2, -0.15) is 0 Å². The molecule has 1 N–H and O–H groups in total. The summed E-state index contributed by atoms with van der Waals surface area (Å²) in [6.45, 7) is 5.79. The number of carbonyl (C=O) groups is 1. The zero-order chi connectivity index (χ0) is 11.4. The average molecular weight is 212 g/mol. The summed E-state index contributed by atoms with van der Waals surface area (Å²) in [5.74, 6) is 0.593. The molecule has 1 aromatic heterocycles. The van der Waals surface area contributed by atoms with Crippen LogP contribution in [0.3, 0.4) is 0 Å². The molecule has 0 radical (unpaired) electrons. The molecule has 0 aliphatic heterocycles. The van der Waals surface area contributed by atoms with Crippen LogP contribution in [0.25, 0.3) is 0 Å². The second-order valence-corrected chi connectivity index (χ2v) is 3.40. The van der Waals surface area contributed by atoms with E-state index in [1.54, 1.807) is 6.92 Å². The van der Waals surface area contributed by atoms with Gasteiger partial charge in [-0.1, -0.05) is 5.16 Å². The lowest BCUT2D eigenvalue weighted by Gasteiger charge is -2.09. The predicted molar refractivity (Wildman–Crippen MR) is 54.3 cm³/mol. The summed E-state index contributed by atoms with van der Waals surface area (Å²) in [5, 5.41) is 6.56. The highest BCUT2D eigenvalue weighted by atomic mass is 16.5. The lowest BCUT2D eigenvalue weighted by atomic mass is 10.2. The molecule has 0 aromatic carbocycles. The molecule has 0 saturated heterocycles. The Morgan fingerprint density at radius 3 is 2.73 bits per heavy atom. The first-order chi connectivity index (χ1) is 7.06. The number of carbonyl (C=O) groups excluding carboxylic acids is 1. The average Bonchev–Trinajstić information content (AvgIpc) is 2.54. The van der Waals surface area contributed by atoms with Crippen LogP contribution in [0.15, 0.2) is 4.52 Å². The van der Waals surface area contributed by atoms with Crippen molar-refractivity contribution in [2.24, 2.45) is 0 Å². The van der Waals surface area contributed by atoms with E-state index in [0.29, 0.717) is 6.54 Å². The lowest BCUT2D eigenvalue weighted by molar-refractivity contribution is -0.130. The van der Waals surface area contributed by atoms with Gasteiger partial charge in [0.15, 0.2) is 0 Å². The van der Waals surface area contributed by atoms with Crippen molar-refractivity contribution < 1.29 is 14.1 Å². The molecule has 1 unspecified atom stereocenters. The maximum atomic E-state index is 11.4. The van der Waals surface area contributed by atoms with Crippen molar-refractivity contribution in [3.05, 3.63) is 17.0 Å². The van der Waals surface area contributed by atoms with Gasteiger partial charge in [0.25, 0.3) is 0 Å². The van der Waals surface area contributed by atoms with E-state index in [0.717, 1.165) is 17.0 Å². The van der Waals surface area contributed by atoms with Crippen LogP contribution in [0.5, 0.6) is 0 Å². The molecule has 0 saturated carbocycles. The topological polar surface area (TPSA) is 64.4 Å². The van der Waals surface area contributed by atoms with Crippen LogP contribution in [0.2, 0.25) is 0 Å². The predicted octanol–water partition coefficient (Wildman–Crippen LogP) is 0.943. The molecule has 1 rings (SSSR count). The van der Waals surface area contributed by atoms with Crippen LogP contribution < -0.4 is 5.32 Å². The molecule has 1 amide bonds. The minimum atomic E-state index is -0.439. The Labute approximate surface area is 88.8 Å². The van der Waals surface area contributed by atoms with E-state index in [1.807, 2.05) is 13.8 Å². The summed E-state index contributed by atoms with van der Waals surface area (Å²) < 4.78 is 9.87. The highest BCUT2D eigenvalue weighted by Gasteiger charge is 2.14. The third-order valence-corrected chi connectivity index (χ3v) is 2.34. The van der Waals surface area contributed by atoms with Crippen LogP contribution in [0, 0.1) is 13.8 Å². The van der Waals surface area contributed by atoms with Gasteiger partial charge in [0, 0.05) is 19.2 Å². The molecule has 0 aliphatic carbocycles. The molecular formula is C10H16N2O3. The number of hydrogen-bond donors (Lipinski definition) is 1. The van der Waals surface area contributed by atoms with Crippen molar-refractivity contribution in [3.8, 4) is 0 Å². The van der Waals surface area contributed by atoms with E-state index >= 15 is 0 Å². The number of methoxy groups -OCH3 is 1. The number of rotatable bonds is 4. The van der Waals surface area contributed by atoms with Crippen molar-refractivity contribution in [3.63, 3.8) is 0 Å². The number of nitrogens with zero attached hydrogens (tertiary/aromatic N) is 1. The Morgan fingerprint density at radius 2 is 2.27 bits per heavy atom. The van der Waals surface area contributed by atoms with Gasteiger partial charge >= 0.3 is 0 Å². The molecule has 1 atom stereocenters. The molecule has 0 aliphatic rings. The normalized spacial score (nSPS) is 12.5. The molecule has 0 fully saturated rings. The molecule has 0 bridgehead atoms. The van der Waals surface area contributed by atoms with E-state index in [4.69, 9.17) is 9.26 Å². The summed E-state index contributed by atoms with van der Waals surface area (Å²) in [6.07, 6.45) is -0.439. The van der Waals surface area contributed by atoms with E-state index in [1.165, 1.54) is 7.11 Å². The Hall–Kier alpha value is -1.36. The second kappa shape index (κ2) is 4.93. The van der Waals surface area contributed by atoms with Gasteiger partial charge in [-0.25, -0.2) is 0 Å². The van der Waals surface area contributed by atoms with Crippen LogP contribution in [-0.2, 0) is 16.1 Å². The molecule has 1 heterocycles. The first-order valence-corrected chi connectivity index (χ1v) is 4.78. The van der Waals surface area contributed by atoms with Gasteiger partial charge in [0.1, 0.15) is 11.9 Å². The van der Waals surface area contributed by atoms with Gasteiger partial charge in [-0.15, -0.1) is 0 Å². The molecule has 5 nitrogen and oxygen atoms in total. The molecule has 1 aromatic rings. The van der Waals surface area contributed by atoms with Crippen LogP contribution in [0.1, 0.15) is 23.9 Å². The summed E-state index contributed by atoms with van der Waals surface area (Å²) in [5.41, 5.74) is 1.73. The van der Waals surface area contributed by atoms with E-state index in [9.17, 15) is 4.79 Å². The second-order valence-electron chi connectivity index (χ2n) is 3.40. The Morgan fingerprint density at radius 1 is 1.60 bits per heavy atom. The number of hydrogen-bond acceptors (Lipinski definition) is 4. The monoisotopic (exact) mass is 212 g/mol. The summed E-state index contributed by atoms with van der Waals surface area (Å²) >= 11 is 0. The number of aryl methyl sites for hydroxylation is 2. The molecule has 5 heteroatoms. The molecular weight excluding hydrogens is 196 g/mol. The van der Waals surface area contributed by atoms with Crippen LogP contribution in [0.4, 0.5) is 0 Å². The van der Waals surface area contributed by atoms with Gasteiger partial charge in [-0.05, 0) is 20.8 Å². The first kappa shape index (κ1) is 11.7. The van der Waals surface area contributed by atoms with Gasteiger partial charge in [0.2, 0.25) is 5.91 Å². The van der Waals surface area contributed by atoms with Crippen molar-refractivity contribution in [1.29, 1.82) is 0 Å². The lowest BCUT2D eigenvalue weighted by Crippen LogP contribution is -2.33. The standard InChI is InChI=1S/C10H16N2O3/c1-6-9(7(2)15-12-6)5-11-10(13)8(3)14-4/h8H,5H2,1-4H3,(H,11,13). The van der Waals surface area contributed by atoms with Crippen molar-refractivity contribution in [2.45, 2.75) is 33.4 Å². The smallest absolute Gasteiger partial charge is 0.249 e. The van der Waals surface area contributed by atoms with Gasteiger partial charge in [0.05, 0.1) is 5.69 Å². The van der Waals surface area contributed by atoms with E-state index in [-0.39, 0.29) is 5.91 Å². The fourth-order valence-electron chi connectivity index (χ4n) is 1.18. The maximum Gasteiger partial charge on any atom is 0.249 e. The SMILES string of the molecule is COC(C)C(=O)NCc1c(C)noc1C. The number of ether oxygens (including phenoxy) is 1. The van der Waals surface area contributed by atoms with Crippen LogP contribution >= 0.6 is 0 Å². The first-order valence-electron chi connectivity index (χ1n) is 4.78. The highest BCUT2D eigenvalue weighted by Crippen LogP contribution is 2.11. The van der Waals surface area contributed by atoms with Crippen molar-refractivity contribution in [1.82, 2.24) is 10.5 Å². The molecule has 0 spiro atoms. The zero-order valence-corrected chi connectivity index (χ0v) is 9.46. The largest absolute Gasteiger partial charge is 0.372 e. The fourth-order valence-corrected chi connectivity index (χ4v) is 1.18. The third kappa shape index (κ3) is 2.79. The minimum Gasteiger partial charge on any atom is -0.372 e. The van der Waals surface area contributed by atoms with Crippen molar-refractivity contribution in [2.75, 3.05) is 7.11 Å². The summed E-state index contributed by atoms with van der Waals surface area (Å²) in [4.78, 5) is 11.4. The van der Waals surface area contributed by atoms with E-state index < -0.39 is 6.10 Å². The molecule has 84 valence electrons. The Kier molecular flexibility index (Phi) is 3.85. The fraction of sp³-hybridized carbons (Fsp3) is 0.600. The number of amides is 1. The Balaban J connectivity index is 2.54. The van der Waals surface area contributed by atoms with Gasteiger partial charge in [-0.3, -0.25) is 4.79 Å². The van der Waals surface area contributed by atoms with Crippen LogP contribution in [-0.4, -0.2) is 24.3 Å². The van der Waals surface area contributed by atoms with E-state index in [2.05, 4.69) is 10.5 Å². The number of aromatic nitrogens is 1. The number of nitrogens with one attached hydrogen (secondary N) is 1. The highest BCUT2D eigenvalue weighted by molar-refractivity contribution is 5.80. The Bertz CT molecular complexity index is 327.